The first-order valence-corrected chi connectivity index (χ1v) is 8.26. The predicted molar refractivity (Wildman–Crippen MR) is 89.7 cm³/mol. The molecule has 1 aliphatic carbocycles. The van der Waals surface area contributed by atoms with Crippen molar-refractivity contribution in [3.63, 3.8) is 0 Å². The zero-order valence-electron chi connectivity index (χ0n) is 12.2. The zero-order valence-corrected chi connectivity index (χ0v) is 14.4. The number of rotatable bonds is 1. The Labute approximate surface area is 138 Å². The number of amides is 1. The van der Waals surface area contributed by atoms with Crippen molar-refractivity contribution in [2.24, 2.45) is 5.41 Å². The lowest BCUT2D eigenvalue weighted by Crippen LogP contribution is -2.40. The molecular weight excluding hydrogens is 377 g/mol. The van der Waals surface area contributed by atoms with Crippen molar-refractivity contribution in [2.75, 3.05) is 0 Å². The third-order valence-corrected chi connectivity index (χ3v) is 5.21. The highest BCUT2D eigenvalue weighted by atomic mass is 127. The summed E-state index contributed by atoms with van der Waals surface area (Å²) in [6.45, 7) is 4.16. The van der Waals surface area contributed by atoms with E-state index in [2.05, 4.69) is 41.8 Å². The normalized spacial score (nSPS) is 24.6. The van der Waals surface area contributed by atoms with Crippen molar-refractivity contribution in [3.05, 3.63) is 44.7 Å². The highest BCUT2D eigenvalue weighted by Crippen LogP contribution is 2.44. The monoisotopic (exact) mass is 395 g/mol. The van der Waals surface area contributed by atoms with Gasteiger partial charge in [0, 0.05) is 33.6 Å². The van der Waals surface area contributed by atoms with Crippen LogP contribution in [0.25, 0.3) is 0 Å². The summed E-state index contributed by atoms with van der Waals surface area (Å²) < 4.78 is 1.11. The molecule has 0 unspecified atom stereocenters. The van der Waals surface area contributed by atoms with E-state index in [4.69, 9.17) is 0 Å². The molecule has 1 aromatic carbocycles. The number of Topliss-reactive ketones (excluding diaryl/α,β-unsaturated/α-hetero) is 1. The van der Waals surface area contributed by atoms with Gasteiger partial charge in [-0.2, -0.15) is 0 Å². The fourth-order valence-electron chi connectivity index (χ4n) is 3.38. The Morgan fingerprint density at radius 1 is 1.19 bits per heavy atom. The van der Waals surface area contributed by atoms with Gasteiger partial charge >= 0.3 is 0 Å². The van der Waals surface area contributed by atoms with Crippen molar-refractivity contribution < 1.29 is 9.59 Å². The molecule has 0 bridgehead atoms. The molecule has 0 fully saturated rings. The van der Waals surface area contributed by atoms with Crippen LogP contribution in [0.2, 0.25) is 0 Å². The lowest BCUT2D eigenvalue weighted by molar-refractivity contribution is -0.122. The topological polar surface area (TPSA) is 46.2 Å². The molecule has 2 aliphatic rings. The molecule has 110 valence electrons. The van der Waals surface area contributed by atoms with Crippen LogP contribution in [0.1, 0.15) is 44.6 Å². The molecule has 0 aromatic heterocycles. The Kier molecular flexibility index (Phi) is 3.67. The molecule has 0 spiro atoms. The first-order valence-electron chi connectivity index (χ1n) is 7.18. The molecule has 4 heteroatoms. The number of hydrogen-bond donors (Lipinski definition) is 1. The standard InChI is InChI=1S/C17H18INO2/c1-17(2)8-13-16(14(20)9-17)11(7-15(21)19-13)10-5-3-4-6-12(10)18/h3-6,11H,7-9H2,1-2H3,(H,19,21)/t11-/m0/s1. The predicted octanol–water partition coefficient (Wildman–Crippen LogP) is 3.54. The smallest absolute Gasteiger partial charge is 0.225 e. The van der Waals surface area contributed by atoms with Gasteiger partial charge in [-0.3, -0.25) is 9.59 Å². The molecule has 1 N–H and O–H groups in total. The van der Waals surface area contributed by atoms with E-state index >= 15 is 0 Å². The molecule has 1 amide bonds. The van der Waals surface area contributed by atoms with Crippen LogP contribution in [-0.4, -0.2) is 11.7 Å². The van der Waals surface area contributed by atoms with Crippen molar-refractivity contribution in [1.82, 2.24) is 5.32 Å². The second kappa shape index (κ2) is 5.23. The number of carbonyl (C=O) groups excluding carboxylic acids is 2. The maximum atomic E-state index is 12.6. The minimum absolute atomic E-state index is 0.0175. The molecule has 0 saturated heterocycles. The van der Waals surface area contributed by atoms with Gasteiger partial charge < -0.3 is 5.32 Å². The minimum Gasteiger partial charge on any atom is -0.329 e. The van der Waals surface area contributed by atoms with E-state index in [1.165, 1.54) is 0 Å². The maximum Gasteiger partial charge on any atom is 0.225 e. The van der Waals surface area contributed by atoms with Gasteiger partial charge in [0.15, 0.2) is 5.78 Å². The summed E-state index contributed by atoms with van der Waals surface area (Å²) in [5.74, 6) is 0.111. The van der Waals surface area contributed by atoms with E-state index in [1.54, 1.807) is 0 Å². The van der Waals surface area contributed by atoms with Crippen LogP contribution < -0.4 is 5.32 Å². The van der Waals surface area contributed by atoms with E-state index in [0.29, 0.717) is 12.8 Å². The fraction of sp³-hybridized carbons (Fsp3) is 0.412. The molecule has 3 rings (SSSR count). The van der Waals surface area contributed by atoms with Crippen molar-refractivity contribution in [1.29, 1.82) is 0 Å². The Morgan fingerprint density at radius 2 is 1.90 bits per heavy atom. The van der Waals surface area contributed by atoms with Gasteiger partial charge in [-0.05, 0) is 46.1 Å². The molecule has 1 atom stereocenters. The van der Waals surface area contributed by atoms with Crippen LogP contribution in [0.4, 0.5) is 0 Å². The van der Waals surface area contributed by atoms with E-state index in [9.17, 15) is 9.59 Å². The highest BCUT2D eigenvalue weighted by Gasteiger charge is 2.40. The Hall–Kier alpha value is -1.17. The molecule has 3 nitrogen and oxygen atoms in total. The Balaban J connectivity index is 2.11. The Bertz CT molecular complexity index is 661. The summed E-state index contributed by atoms with van der Waals surface area (Å²) in [5.41, 5.74) is 2.69. The van der Waals surface area contributed by atoms with Crippen LogP contribution in [0, 0.1) is 8.99 Å². The van der Waals surface area contributed by atoms with E-state index in [-0.39, 0.29) is 23.0 Å². The van der Waals surface area contributed by atoms with Crippen LogP contribution in [0.15, 0.2) is 35.5 Å². The summed E-state index contributed by atoms with van der Waals surface area (Å²) in [4.78, 5) is 24.7. The summed E-state index contributed by atoms with van der Waals surface area (Å²) in [5, 5.41) is 2.94. The van der Waals surface area contributed by atoms with Crippen LogP contribution in [0.3, 0.4) is 0 Å². The number of nitrogens with one attached hydrogen (secondary N) is 1. The van der Waals surface area contributed by atoms with Gasteiger partial charge in [0.2, 0.25) is 5.91 Å². The van der Waals surface area contributed by atoms with Crippen LogP contribution in [0.5, 0.6) is 0 Å². The molecule has 1 aromatic rings. The van der Waals surface area contributed by atoms with E-state index in [1.807, 2.05) is 24.3 Å². The van der Waals surface area contributed by atoms with Gasteiger partial charge in [-0.1, -0.05) is 32.0 Å². The van der Waals surface area contributed by atoms with Gasteiger partial charge in [0.25, 0.3) is 0 Å². The van der Waals surface area contributed by atoms with E-state index in [0.717, 1.165) is 26.8 Å². The number of ketones is 1. The molecule has 1 heterocycles. The summed E-state index contributed by atoms with van der Waals surface area (Å²) >= 11 is 2.28. The van der Waals surface area contributed by atoms with E-state index < -0.39 is 0 Å². The first-order chi connectivity index (χ1) is 9.87. The molecular formula is C17H18INO2. The number of hydrogen-bond acceptors (Lipinski definition) is 2. The highest BCUT2D eigenvalue weighted by molar-refractivity contribution is 14.1. The SMILES string of the molecule is CC1(C)CC(=O)C2=C(C1)NC(=O)C[C@H]2c1ccccc1I. The number of halogens is 1. The van der Waals surface area contributed by atoms with Crippen molar-refractivity contribution in [2.45, 2.75) is 39.0 Å². The molecule has 0 saturated carbocycles. The van der Waals surface area contributed by atoms with Crippen LogP contribution >= 0.6 is 22.6 Å². The Morgan fingerprint density at radius 3 is 2.62 bits per heavy atom. The fourth-order valence-corrected chi connectivity index (χ4v) is 4.14. The van der Waals surface area contributed by atoms with Gasteiger partial charge in [-0.25, -0.2) is 0 Å². The molecule has 0 radical (unpaired) electrons. The van der Waals surface area contributed by atoms with Crippen LogP contribution in [-0.2, 0) is 9.59 Å². The minimum atomic E-state index is -0.0922. The second-order valence-corrected chi connectivity index (χ2v) is 7.82. The maximum absolute atomic E-state index is 12.6. The second-order valence-electron chi connectivity index (χ2n) is 6.66. The molecule has 1 aliphatic heterocycles. The summed E-state index contributed by atoms with van der Waals surface area (Å²) in [6.07, 6.45) is 1.69. The number of carbonyl (C=O) groups is 2. The summed E-state index contributed by atoms with van der Waals surface area (Å²) in [7, 11) is 0. The van der Waals surface area contributed by atoms with Gasteiger partial charge in [0.1, 0.15) is 0 Å². The average molecular weight is 395 g/mol. The third kappa shape index (κ3) is 2.78. The lowest BCUT2D eigenvalue weighted by Gasteiger charge is -2.38. The first kappa shape index (κ1) is 14.8. The number of allylic oxidation sites excluding steroid dienone is 2. The zero-order chi connectivity index (χ0) is 15.2. The third-order valence-electron chi connectivity index (χ3n) is 4.23. The van der Waals surface area contributed by atoms with Gasteiger partial charge in [-0.15, -0.1) is 0 Å². The number of benzene rings is 1. The summed E-state index contributed by atoms with van der Waals surface area (Å²) in [6, 6.07) is 8.01. The average Bonchev–Trinajstić information content (AvgIpc) is 2.36. The van der Waals surface area contributed by atoms with Crippen molar-refractivity contribution >= 4 is 34.3 Å². The van der Waals surface area contributed by atoms with Gasteiger partial charge in [0.05, 0.1) is 0 Å². The lowest BCUT2D eigenvalue weighted by atomic mass is 9.70. The quantitative estimate of drug-likeness (QED) is 0.740. The van der Waals surface area contributed by atoms with Crippen molar-refractivity contribution in [3.8, 4) is 0 Å². The largest absolute Gasteiger partial charge is 0.329 e. The molecule has 21 heavy (non-hydrogen) atoms.